The van der Waals surface area contributed by atoms with Gasteiger partial charge in [-0.05, 0) is 69.0 Å². The van der Waals surface area contributed by atoms with Crippen LogP contribution in [-0.2, 0) is 0 Å². The Labute approximate surface area is 126 Å². The molecule has 112 valence electrons. The van der Waals surface area contributed by atoms with E-state index in [0.29, 0.717) is 6.04 Å². The molecule has 21 heavy (non-hydrogen) atoms. The maximum Gasteiger partial charge on any atom is 0.134 e. The molecule has 2 nitrogen and oxygen atoms in total. The summed E-state index contributed by atoms with van der Waals surface area (Å²) in [5.74, 6) is 4.03. The normalized spacial score (nSPS) is 29.3. The van der Waals surface area contributed by atoms with Crippen molar-refractivity contribution in [3.05, 3.63) is 35.6 Å². The molecule has 2 aliphatic rings. The van der Waals surface area contributed by atoms with Crippen molar-refractivity contribution < 1.29 is 4.42 Å². The van der Waals surface area contributed by atoms with E-state index in [4.69, 9.17) is 4.42 Å². The second kappa shape index (κ2) is 5.17. The van der Waals surface area contributed by atoms with Gasteiger partial charge in [-0.2, -0.15) is 0 Å². The van der Waals surface area contributed by atoms with Crippen LogP contribution in [0.15, 0.2) is 28.7 Å². The monoisotopic (exact) mass is 283 g/mol. The molecular formula is C19H25NO. The van der Waals surface area contributed by atoms with Crippen molar-refractivity contribution in [1.29, 1.82) is 0 Å². The van der Waals surface area contributed by atoms with Gasteiger partial charge in [-0.3, -0.25) is 0 Å². The van der Waals surface area contributed by atoms with Gasteiger partial charge in [0, 0.05) is 5.39 Å². The van der Waals surface area contributed by atoms with Crippen molar-refractivity contribution in [3.8, 4) is 0 Å². The number of hydrogen-bond donors (Lipinski definition) is 1. The Hall–Kier alpha value is -1.28. The van der Waals surface area contributed by atoms with Crippen molar-refractivity contribution >= 4 is 11.0 Å². The van der Waals surface area contributed by atoms with E-state index in [1.807, 2.05) is 6.07 Å². The van der Waals surface area contributed by atoms with Crippen LogP contribution in [0.4, 0.5) is 0 Å². The first-order chi connectivity index (χ1) is 10.2. The number of furan rings is 1. The minimum atomic E-state index is 0.302. The molecule has 4 rings (SSSR count). The molecule has 1 N–H and O–H groups in total. The molecule has 0 spiro atoms. The number of benzene rings is 1. The number of hydrogen-bond acceptors (Lipinski definition) is 2. The summed E-state index contributed by atoms with van der Waals surface area (Å²) in [7, 11) is 0. The summed E-state index contributed by atoms with van der Waals surface area (Å²) in [6.07, 6.45) is 5.89. The van der Waals surface area contributed by atoms with E-state index >= 15 is 0 Å². The zero-order valence-corrected chi connectivity index (χ0v) is 13.1. The zero-order chi connectivity index (χ0) is 14.4. The van der Waals surface area contributed by atoms with Crippen LogP contribution in [-0.4, -0.2) is 6.54 Å². The quantitative estimate of drug-likeness (QED) is 0.869. The Morgan fingerprint density at radius 3 is 2.81 bits per heavy atom. The Kier molecular flexibility index (Phi) is 3.30. The Bertz CT molecular complexity index is 644. The molecule has 4 atom stereocenters. The molecule has 0 aliphatic heterocycles. The largest absolute Gasteiger partial charge is 0.459 e. The lowest BCUT2D eigenvalue weighted by molar-refractivity contribution is 0.302. The second-order valence-corrected chi connectivity index (χ2v) is 7.15. The first kappa shape index (κ1) is 13.4. The lowest BCUT2D eigenvalue weighted by Crippen LogP contribution is -2.28. The van der Waals surface area contributed by atoms with Gasteiger partial charge < -0.3 is 9.73 Å². The van der Waals surface area contributed by atoms with Gasteiger partial charge in [0.05, 0.1) is 6.04 Å². The lowest BCUT2D eigenvalue weighted by Gasteiger charge is -2.23. The minimum absolute atomic E-state index is 0.302. The van der Waals surface area contributed by atoms with Crippen molar-refractivity contribution in [3.63, 3.8) is 0 Å². The van der Waals surface area contributed by atoms with Gasteiger partial charge in [-0.15, -0.1) is 0 Å². The van der Waals surface area contributed by atoms with Gasteiger partial charge >= 0.3 is 0 Å². The number of nitrogens with one attached hydrogen (secondary N) is 1. The Morgan fingerprint density at radius 1 is 1.24 bits per heavy atom. The van der Waals surface area contributed by atoms with Crippen molar-refractivity contribution in [2.75, 3.05) is 6.54 Å². The molecule has 4 unspecified atom stereocenters. The van der Waals surface area contributed by atoms with E-state index in [0.717, 1.165) is 35.6 Å². The van der Waals surface area contributed by atoms with Gasteiger partial charge in [0.1, 0.15) is 11.3 Å². The smallest absolute Gasteiger partial charge is 0.134 e. The summed E-state index contributed by atoms with van der Waals surface area (Å²) >= 11 is 0. The highest BCUT2D eigenvalue weighted by Crippen LogP contribution is 2.48. The summed E-state index contributed by atoms with van der Waals surface area (Å²) in [5.41, 5.74) is 2.30. The molecule has 2 bridgehead atoms. The molecule has 1 heterocycles. The number of fused-ring (bicyclic) bond motifs is 3. The highest BCUT2D eigenvalue weighted by atomic mass is 16.3. The first-order valence-electron chi connectivity index (χ1n) is 8.43. The highest BCUT2D eigenvalue weighted by Gasteiger charge is 2.39. The average Bonchev–Trinajstić information content (AvgIpc) is 3.20. The van der Waals surface area contributed by atoms with Crippen molar-refractivity contribution in [2.24, 2.45) is 17.8 Å². The lowest BCUT2D eigenvalue weighted by atomic mass is 9.88. The maximum absolute atomic E-state index is 6.08. The van der Waals surface area contributed by atoms with Gasteiger partial charge in [-0.1, -0.05) is 24.6 Å². The average molecular weight is 283 g/mol. The number of aryl methyl sites for hydroxylation is 1. The molecule has 2 saturated carbocycles. The Balaban J connectivity index is 1.46. The summed E-state index contributed by atoms with van der Waals surface area (Å²) in [5, 5.41) is 4.98. The SMILES string of the molecule is Cc1c(C(C)NCC2CC3CCC2C3)oc2ccccc12. The van der Waals surface area contributed by atoms with Gasteiger partial charge in [0.2, 0.25) is 0 Å². The van der Waals surface area contributed by atoms with E-state index in [2.05, 4.69) is 37.4 Å². The topological polar surface area (TPSA) is 25.2 Å². The highest BCUT2D eigenvalue weighted by molar-refractivity contribution is 5.82. The fourth-order valence-corrected chi connectivity index (χ4v) is 4.65. The third kappa shape index (κ3) is 2.30. The first-order valence-corrected chi connectivity index (χ1v) is 8.43. The second-order valence-electron chi connectivity index (χ2n) is 7.15. The summed E-state index contributed by atoms with van der Waals surface area (Å²) in [6.45, 7) is 5.56. The molecule has 0 amide bonds. The third-order valence-corrected chi connectivity index (χ3v) is 5.84. The summed E-state index contributed by atoms with van der Waals surface area (Å²) in [4.78, 5) is 0. The molecule has 2 aliphatic carbocycles. The summed E-state index contributed by atoms with van der Waals surface area (Å²) < 4.78 is 6.08. The summed E-state index contributed by atoms with van der Waals surface area (Å²) in [6, 6.07) is 8.65. The van der Waals surface area contributed by atoms with E-state index in [-0.39, 0.29) is 0 Å². The molecular weight excluding hydrogens is 258 g/mol. The van der Waals surface area contributed by atoms with Crippen LogP contribution < -0.4 is 5.32 Å². The van der Waals surface area contributed by atoms with Gasteiger partial charge in [-0.25, -0.2) is 0 Å². The molecule has 1 aromatic heterocycles. The predicted molar refractivity (Wildman–Crippen MR) is 86.3 cm³/mol. The molecule has 0 saturated heterocycles. The molecule has 2 aromatic rings. The third-order valence-electron chi connectivity index (χ3n) is 5.84. The Morgan fingerprint density at radius 2 is 2.10 bits per heavy atom. The zero-order valence-electron chi connectivity index (χ0n) is 13.1. The van der Waals surface area contributed by atoms with Crippen LogP contribution in [0, 0.1) is 24.7 Å². The van der Waals surface area contributed by atoms with E-state index in [1.54, 1.807) is 0 Å². The maximum atomic E-state index is 6.08. The van der Waals surface area contributed by atoms with Crippen LogP contribution >= 0.6 is 0 Å². The predicted octanol–water partition coefficient (Wildman–Crippen LogP) is 4.83. The van der Waals surface area contributed by atoms with Crippen LogP contribution in [0.5, 0.6) is 0 Å². The fraction of sp³-hybridized carbons (Fsp3) is 0.579. The molecule has 1 aromatic carbocycles. The number of rotatable bonds is 4. The van der Waals surface area contributed by atoms with Crippen LogP contribution in [0.3, 0.4) is 0 Å². The van der Waals surface area contributed by atoms with Gasteiger partial charge in [0.25, 0.3) is 0 Å². The van der Waals surface area contributed by atoms with E-state index < -0.39 is 0 Å². The van der Waals surface area contributed by atoms with Crippen LogP contribution in [0.25, 0.3) is 11.0 Å². The fourth-order valence-electron chi connectivity index (χ4n) is 4.65. The van der Waals surface area contributed by atoms with Crippen molar-refractivity contribution in [2.45, 2.75) is 45.6 Å². The minimum Gasteiger partial charge on any atom is -0.459 e. The van der Waals surface area contributed by atoms with E-state index in [1.165, 1.54) is 36.6 Å². The standard InChI is InChI=1S/C19H25NO/c1-12-17-5-3-4-6-18(17)21-19(12)13(2)20-11-16-10-14-7-8-15(16)9-14/h3-6,13-16,20H,7-11H2,1-2H3. The molecule has 0 radical (unpaired) electrons. The molecule has 2 fully saturated rings. The van der Waals surface area contributed by atoms with Crippen molar-refractivity contribution in [1.82, 2.24) is 5.32 Å². The van der Waals surface area contributed by atoms with Crippen LogP contribution in [0.2, 0.25) is 0 Å². The van der Waals surface area contributed by atoms with Crippen LogP contribution in [0.1, 0.15) is 50.0 Å². The number of para-hydroxylation sites is 1. The van der Waals surface area contributed by atoms with Gasteiger partial charge in [0.15, 0.2) is 0 Å². The van der Waals surface area contributed by atoms with E-state index in [9.17, 15) is 0 Å². The molecule has 2 heteroatoms.